The number of aromatic amines is 1. The standard InChI is InChI=1S/C23H24N4O2/c1-25-22(28)18-12-15-10-11-17(14-6-5-7-14)20(21(15)27-23(18)29)19(24)13-26-16-8-3-2-4-9-16/h2-4,8-14,26H,5-7,24H2,1H3,(H,25,28)(H,27,29)/b19-13-. The Morgan fingerprint density at radius 2 is 1.93 bits per heavy atom. The minimum atomic E-state index is -0.423. The highest BCUT2D eigenvalue weighted by Crippen LogP contribution is 2.41. The average molecular weight is 388 g/mol. The molecule has 0 spiro atoms. The Labute approximate surface area is 168 Å². The number of hydrogen-bond acceptors (Lipinski definition) is 4. The summed E-state index contributed by atoms with van der Waals surface area (Å²) < 4.78 is 0. The van der Waals surface area contributed by atoms with Gasteiger partial charge < -0.3 is 21.4 Å². The Morgan fingerprint density at radius 3 is 2.59 bits per heavy atom. The number of pyridine rings is 1. The Kier molecular flexibility index (Phi) is 5.08. The van der Waals surface area contributed by atoms with Gasteiger partial charge in [0.25, 0.3) is 11.5 Å². The van der Waals surface area contributed by atoms with Crippen LogP contribution in [-0.2, 0) is 0 Å². The number of anilines is 1. The smallest absolute Gasteiger partial charge is 0.261 e. The van der Waals surface area contributed by atoms with Crippen LogP contribution in [0.2, 0.25) is 0 Å². The number of carbonyl (C=O) groups is 1. The summed E-state index contributed by atoms with van der Waals surface area (Å²) in [6, 6.07) is 15.4. The van der Waals surface area contributed by atoms with Crippen LogP contribution in [0.25, 0.3) is 16.6 Å². The summed E-state index contributed by atoms with van der Waals surface area (Å²) in [5.74, 6) is 0.0206. The van der Waals surface area contributed by atoms with Gasteiger partial charge in [0, 0.05) is 24.5 Å². The van der Waals surface area contributed by atoms with Gasteiger partial charge in [-0.2, -0.15) is 0 Å². The lowest BCUT2D eigenvalue weighted by Gasteiger charge is -2.28. The lowest BCUT2D eigenvalue weighted by Crippen LogP contribution is -2.27. The molecule has 1 saturated carbocycles. The number of rotatable bonds is 5. The van der Waals surface area contributed by atoms with Crippen molar-refractivity contribution in [1.82, 2.24) is 10.3 Å². The van der Waals surface area contributed by atoms with Crippen LogP contribution in [0, 0.1) is 0 Å². The molecule has 0 saturated heterocycles. The van der Waals surface area contributed by atoms with Crippen molar-refractivity contribution < 1.29 is 4.79 Å². The number of hydrogen-bond donors (Lipinski definition) is 4. The Balaban J connectivity index is 1.85. The van der Waals surface area contributed by atoms with E-state index in [1.54, 1.807) is 12.3 Å². The summed E-state index contributed by atoms with van der Waals surface area (Å²) in [7, 11) is 1.51. The molecule has 6 nitrogen and oxygen atoms in total. The molecular formula is C23H24N4O2. The molecule has 29 heavy (non-hydrogen) atoms. The molecule has 0 unspecified atom stereocenters. The molecule has 0 aliphatic heterocycles. The van der Waals surface area contributed by atoms with Crippen LogP contribution in [0.1, 0.15) is 46.7 Å². The monoisotopic (exact) mass is 388 g/mol. The first kappa shape index (κ1) is 18.8. The predicted octanol–water partition coefficient (Wildman–Crippen LogP) is 3.52. The van der Waals surface area contributed by atoms with Crippen molar-refractivity contribution in [3.63, 3.8) is 0 Å². The van der Waals surface area contributed by atoms with Crippen molar-refractivity contribution in [2.24, 2.45) is 5.73 Å². The average Bonchev–Trinajstić information content (AvgIpc) is 2.70. The Bertz CT molecular complexity index is 1140. The molecule has 1 aliphatic rings. The topological polar surface area (TPSA) is 100 Å². The van der Waals surface area contributed by atoms with E-state index < -0.39 is 11.5 Å². The van der Waals surface area contributed by atoms with Crippen LogP contribution in [0.15, 0.2) is 59.5 Å². The SMILES string of the molecule is CNC(=O)c1cc2ccc(C3CCC3)c(/C(N)=C/Nc3ccccc3)c2[nH]c1=O. The minimum absolute atomic E-state index is 0.0901. The fourth-order valence-corrected chi connectivity index (χ4v) is 3.73. The number of fused-ring (bicyclic) bond motifs is 1. The van der Waals surface area contributed by atoms with Gasteiger partial charge >= 0.3 is 0 Å². The quantitative estimate of drug-likeness (QED) is 0.537. The highest BCUT2D eigenvalue weighted by atomic mass is 16.2. The molecule has 1 aliphatic carbocycles. The van der Waals surface area contributed by atoms with E-state index in [2.05, 4.69) is 21.7 Å². The molecule has 0 bridgehead atoms. The number of nitrogens with one attached hydrogen (secondary N) is 3. The zero-order chi connectivity index (χ0) is 20.4. The van der Waals surface area contributed by atoms with Gasteiger partial charge in [0.1, 0.15) is 5.56 Å². The maximum absolute atomic E-state index is 12.6. The van der Waals surface area contributed by atoms with E-state index in [9.17, 15) is 9.59 Å². The second kappa shape index (κ2) is 7.83. The van der Waals surface area contributed by atoms with Crippen LogP contribution >= 0.6 is 0 Å². The number of amides is 1. The molecule has 0 atom stereocenters. The van der Waals surface area contributed by atoms with Crippen LogP contribution in [0.5, 0.6) is 0 Å². The second-order valence-electron chi connectivity index (χ2n) is 7.32. The van der Waals surface area contributed by atoms with Gasteiger partial charge in [-0.3, -0.25) is 9.59 Å². The normalized spacial score (nSPS) is 14.4. The van der Waals surface area contributed by atoms with Gasteiger partial charge in [0.2, 0.25) is 0 Å². The molecular weight excluding hydrogens is 364 g/mol. The molecule has 3 aromatic rings. The summed E-state index contributed by atoms with van der Waals surface area (Å²) in [5.41, 5.74) is 10.3. The van der Waals surface area contributed by atoms with Gasteiger partial charge in [-0.25, -0.2) is 0 Å². The molecule has 0 radical (unpaired) electrons. The zero-order valence-corrected chi connectivity index (χ0v) is 16.3. The van der Waals surface area contributed by atoms with Crippen molar-refractivity contribution in [3.05, 3.63) is 81.8 Å². The van der Waals surface area contributed by atoms with Crippen LogP contribution in [0.4, 0.5) is 5.69 Å². The first-order valence-corrected chi connectivity index (χ1v) is 9.78. The first-order chi connectivity index (χ1) is 14.1. The van der Waals surface area contributed by atoms with Gasteiger partial charge in [-0.15, -0.1) is 0 Å². The molecule has 148 valence electrons. The number of para-hydroxylation sites is 1. The number of H-pyrrole nitrogens is 1. The maximum atomic E-state index is 12.6. The third-order valence-electron chi connectivity index (χ3n) is 5.53. The van der Waals surface area contributed by atoms with Crippen molar-refractivity contribution in [1.29, 1.82) is 0 Å². The summed E-state index contributed by atoms with van der Waals surface area (Å²) >= 11 is 0. The molecule has 1 fully saturated rings. The molecule has 5 N–H and O–H groups in total. The second-order valence-corrected chi connectivity index (χ2v) is 7.32. The number of aromatic nitrogens is 1. The van der Waals surface area contributed by atoms with E-state index in [0.29, 0.717) is 17.1 Å². The highest BCUT2D eigenvalue weighted by Gasteiger charge is 2.25. The summed E-state index contributed by atoms with van der Waals surface area (Å²) in [6.45, 7) is 0. The number of carbonyl (C=O) groups excluding carboxylic acids is 1. The molecule has 1 aromatic heterocycles. The van der Waals surface area contributed by atoms with E-state index >= 15 is 0 Å². The molecule has 6 heteroatoms. The summed E-state index contributed by atoms with van der Waals surface area (Å²) in [6.07, 6.45) is 5.17. The number of benzene rings is 2. The molecule has 1 heterocycles. The zero-order valence-electron chi connectivity index (χ0n) is 16.3. The third-order valence-corrected chi connectivity index (χ3v) is 5.53. The van der Waals surface area contributed by atoms with Crippen LogP contribution in [-0.4, -0.2) is 17.9 Å². The minimum Gasteiger partial charge on any atom is -0.397 e. The first-order valence-electron chi connectivity index (χ1n) is 9.78. The van der Waals surface area contributed by atoms with Gasteiger partial charge in [-0.05, 0) is 47.9 Å². The number of nitrogens with two attached hydrogens (primary N) is 1. The van der Waals surface area contributed by atoms with E-state index in [1.165, 1.54) is 13.5 Å². The fraction of sp³-hybridized carbons (Fsp3) is 0.217. The van der Waals surface area contributed by atoms with Crippen LogP contribution < -0.4 is 21.9 Å². The van der Waals surface area contributed by atoms with E-state index in [-0.39, 0.29) is 5.56 Å². The molecule has 2 aromatic carbocycles. The van der Waals surface area contributed by atoms with Crippen LogP contribution in [0.3, 0.4) is 0 Å². The van der Waals surface area contributed by atoms with E-state index in [0.717, 1.165) is 35.0 Å². The van der Waals surface area contributed by atoms with Gasteiger partial charge in [0.15, 0.2) is 0 Å². The van der Waals surface area contributed by atoms with E-state index in [1.807, 2.05) is 36.4 Å². The molecule has 4 rings (SSSR count). The van der Waals surface area contributed by atoms with Gasteiger partial charge in [-0.1, -0.05) is 36.8 Å². The van der Waals surface area contributed by atoms with Crippen molar-refractivity contribution in [2.45, 2.75) is 25.2 Å². The highest BCUT2D eigenvalue weighted by molar-refractivity contribution is 5.99. The lowest BCUT2D eigenvalue weighted by molar-refractivity contribution is 0.0962. The lowest BCUT2D eigenvalue weighted by atomic mass is 9.77. The Morgan fingerprint density at radius 1 is 1.17 bits per heavy atom. The van der Waals surface area contributed by atoms with Crippen molar-refractivity contribution in [3.8, 4) is 0 Å². The third kappa shape index (κ3) is 3.61. The van der Waals surface area contributed by atoms with Crippen molar-refractivity contribution in [2.75, 3.05) is 12.4 Å². The fourth-order valence-electron chi connectivity index (χ4n) is 3.73. The predicted molar refractivity (Wildman–Crippen MR) is 117 cm³/mol. The molecule has 1 amide bonds. The summed E-state index contributed by atoms with van der Waals surface area (Å²) in [5, 5.41) is 6.50. The maximum Gasteiger partial charge on any atom is 0.261 e. The van der Waals surface area contributed by atoms with Gasteiger partial charge in [0.05, 0.1) is 11.2 Å². The Hall–Kier alpha value is -3.54. The van der Waals surface area contributed by atoms with Crippen molar-refractivity contribution >= 4 is 28.2 Å². The largest absolute Gasteiger partial charge is 0.397 e. The summed E-state index contributed by atoms with van der Waals surface area (Å²) in [4.78, 5) is 27.5. The van der Waals surface area contributed by atoms with E-state index in [4.69, 9.17) is 5.73 Å².